The van der Waals surface area contributed by atoms with Gasteiger partial charge in [-0.15, -0.1) is 0 Å². The molecule has 150 valence electrons. The molecule has 4 rings (SSSR count). The summed E-state index contributed by atoms with van der Waals surface area (Å²) >= 11 is 0. The Bertz CT molecular complexity index is 791. The van der Waals surface area contributed by atoms with Crippen LogP contribution in [0.4, 0.5) is 0 Å². The minimum atomic E-state index is -4.02. The second kappa shape index (κ2) is 6.48. The fourth-order valence-electron chi connectivity index (χ4n) is 3.58. The molecule has 3 heterocycles. The van der Waals surface area contributed by atoms with Crippen LogP contribution in [0.2, 0.25) is 0 Å². The first-order chi connectivity index (χ1) is 12.6. The van der Waals surface area contributed by atoms with E-state index in [1.54, 1.807) is 45.9 Å². The highest BCUT2D eigenvalue weighted by atomic mass is 32.2. The van der Waals surface area contributed by atoms with Gasteiger partial charge in [-0.05, 0) is 39.8 Å². The molecule has 5 atom stereocenters. The third kappa shape index (κ3) is 3.77. The van der Waals surface area contributed by atoms with Gasteiger partial charge < -0.3 is 23.7 Å². The number of fused-ring (bicyclic) bond motifs is 1. The molecular weight excluding hydrogens is 376 g/mol. The summed E-state index contributed by atoms with van der Waals surface area (Å²) in [6.07, 6.45) is -3.58. The Morgan fingerprint density at radius 1 is 0.963 bits per heavy atom. The van der Waals surface area contributed by atoms with Gasteiger partial charge in [0.1, 0.15) is 24.4 Å². The van der Waals surface area contributed by atoms with Crippen molar-refractivity contribution >= 4 is 10.1 Å². The van der Waals surface area contributed by atoms with Gasteiger partial charge in [0.05, 0.1) is 11.5 Å². The van der Waals surface area contributed by atoms with Gasteiger partial charge >= 0.3 is 0 Å². The van der Waals surface area contributed by atoms with Crippen molar-refractivity contribution in [1.82, 2.24) is 0 Å². The third-order valence-corrected chi connectivity index (χ3v) is 6.02. The lowest BCUT2D eigenvalue weighted by molar-refractivity contribution is -0.230. The normalized spacial score (nSPS) is 37.4. The highest BCUT2D eigenvalue weighted by molar-refractivity contribution is 7.86. The Labute approximate surface area is 158 Å². The lowest BCUT2D eigenvalue weighted by atomic mass is 10.1. The second-order valence-corrected chi connectivity index (χ2v) is 9.34. The van der Waals surface area contributed by atoms with Crippen molar-refractivity contribution in [1.29, 1.82) is 0 Å². The molecule has 3 fully saturated rings. The van der Waals surface area contributed by atoms with E-state index in [2.05, 4.69) is 0 Å². The monoisotopic (exact) mass is 400 g/mol. The second-order valence-electron chi connectivity index (χ2n) is 7.76. The van der Waals surface area contributed by atoms with Crippen LogP contribution >= 0.6 is 0 Å². The van der Waals surface area contributed by atoms with Crippen molar-refractivity contribution in [2.75, 3.05) is 6.61 Å². The largest absolute Gasteiger partial charge is 0.348 e. The molecule has 27 heavy (non-hydrogen) atoms. The molecule has 0 amide bonds. The van der Waals surface area contributed by atoms with E-state index in [1.807, 2.05) is 0 Å². The van der Waals surface area contributed by atoms with E-state index in [1.165, 1.54) is 12.1 Å². The van der Waals surface area contributed by atoms with Crippen molar-refractivity contribution in [3.05, 3.63) is 30.3 Å². The number of hydrogen-bond acceptors (Lipinski definition) is 8. The van der Waals surface area contributed by atoms with Gasteiger partial charge in [0.25, 0.3) is 10.1 Å². The summed E-state index contributed by atoms with van der Waals surface area (Å²) in [6.45, 7) is 7.31. The fourth-order valence-corrected chi connectivity index (χ4v) is 4.69. The van der Waals surface area contributed by atoms with Crippen LogP contribution in [0.1, 0.15) is 27.7 Å². The van der Waals surface area contributed by atoms with Crippen LogP contribution in [0.3, 0.4) is 0 Å². The van der Waals surface area contributed by atoms with E-state index in [0.29, 0.717) is 0 Å². The van der Waals surface area contributed by atoms with Crippen molar-refractivity contribution in [3.63, 3.8) is 0 Å². The lowest BCUT2D eigenvalue weighted by Gasteiger charge is -2.28. The summed E-state index contributed by atoms with van der Waals surface area (Å²) in [6, 6.07) is 7.96. The van der Waals surface area contributed by atoms with Gasteiger partial charge in [0, 0.05) is 0 Å². The van der Waals surface area contributed by atoms with E-state index < -0.39 is 52.4 Å². The van der Waals surface area contributed by atoms with Crippen molar-refractivity contribution < 1.29 is 36.3 Å². The third-order valence-electron chi connectivity index (χ3n) is 4.69. The maximum absolute atomic E-state index is 12.8. The quantitative estimate of drug-likeness (QED) is 0.707. The van der Waals surface area contributed by atoms with E-state index in [0.717, 1.165) is 0 Å². The van der Waals surface area contributed by atoms with Crippen molar-refractivity contribution in [2.24, 2.45) is 0 Å². The summed E-state index contributed by atoms with van der Waals surface area (Å²) in [5.74, 6) is -1.68. The zero-order valence-corrected chi connectivity index (χ0v) is 16.5. The molecule has 1 aromatic carbocycles. The Hall–Kier alpha value is -1.07. The Morgan fingerprint density at radius 3 is 2.30 bits per heavy atom. The highest BCUT2D eigenvalue weighted by Gasteiger charge is 2.60. The molecule has 0 aliphatic carbocycles. The first-order valence-electron chi connectivity index (χ1n) is 8.88. The average Bonchev–Trinajstić information content (AvgIpc) is 3.19. The summed E-state index contributed by atoms with van der Waals surface area (Å²) in [4.78, 5) is 0.0642. The smallest absolute Gasteiger partial charge is 0.297 e. The molecule has 1 aromatic rings. The Morgan fingerprint density at radius 2 is 1.67 bits per heavy atom. The Balaban J connectivity index is 1.61. The van der Waals surface area contributed by atoms with E-state index in [-0.39, 0.29) is 11.5 Å². The van der Waals surface area contributed by atoms with Crippen LogP contribution in [-0.2, 0) is 38.0 Å². The highest BCUT2D eigenvalue weighted by Crippen LogP contribution is 2.42. The van der Waals surface area contributed by atoms with Gasteiger partial charge in [-0.25, -0.2) is 0 Å². The molecule has 0 spiro atoms. The molecule has 0 N–H and O–H groups in total. The molecule has 3 saturated heterocycles. The first-order valence-corrected chi connectivity index (χ1v) is 10.3. The number of rotatable bonds is 4. The number of benzene rings is 1. The maximum Gasteiger partial charge on any atom is 0.297 e. The summed E-state index contributed by atoms with van der Waals surface area (Å²) < 4.78 is 60.2. The lowest BCUT2D eigenvalue weighted by Crippen LogP contribution is -2.45. The van der Waals surface area contributed by atoms with Gasteiger partial charge in [-0.2, -0.15) is 8.42 Å². The molecule has 3 aliphatic rings. The van der Waals surface area contributed by atoms with Crippen LogP contribution in [-0.4, -0.2) is 57.3 Å². The molecular formula is C18H24O8S. The summed E-state index contributed by atoms with van der Waals surface area (Å²) in [7, 11) is -4.02. The van der Waals surface area contributed by atoms with Crippen LogP contribution in [0.15, 0.2) is 35.2 Å². The molecule has 3 aliphatic heterocycles. The predicted molar refractivity (Wildman–Crippen MR) is 92.1 cm³/mol. The molecule has 0 bridgehead atoms. The van der Waals surface area contributed by atoms with Crippen molar-refractivity contribution in [3.8, 4) is 0 Å². The number of ether oxygens (including phenoxy) is 5. The molecule has 0 aromatic heterocycles. The molecule has 0 unspecified atom stereocenters. The predicted octanol–water partition coefficient (Wildman–Crippen LogP) is 1.79. The van der Waals surface area contributed by atoms with Crippen LogP contribution in [0, 0.1) is 0 Å². The zero-order valence-electron chi connectivity index (χ0n) is 15.7. The fraction of sp³-hybridized carbons (Fsp3) is 0.667. The minimum Gasteiger partial charge on any atom is -0.348 e. The van der Waals surface area contributed by atoms with Crippen LogP contribution in [0.5, 0.6) is 0 Å². The zero-order chi connectivity index (χ0) is 19.4. The standard InChI is InChI=1S/C18H24O8S/c1-17(2)21-10-12(23-17)13-14(15-16(22-13)25-18(3,4)24-15)26-27(19,20)11-8-6-5-7-9-11/h5-9,12-16H,10H2,1-4H3/t12-,13-,14+,15-,16+/m1/s1. The molecule has 8 nitrogen and oxygen atoms in total. The van der Waals surface area contributed by atoms with E-state index in [9.17, 15) is 8.42 Å². The van der Waals surface area contributed by atoms with E-state index >= 15 is 0 Å². The average molecular weight is 400 g/mol. The van der Waals surface area contributed by atoms with Crippen LogP contribution < -0.4 is 0 Å². The summed E-state index contributed by atoms with van der Waals surface area (Å²) in [5, 5.41) is 0. The Kier molecular flexibility index (Phi) is 4.62. The minimum absolute atomic E-state index is 0.0642. The number of hydrogen-bond donors (Lipinski definition) is 0. The van der Waals surface area contributed by atoms with Crippen LogP contribution in [0.25, 0.3) is 0 Å². The maximum atomic E-state index is 12.8. The van der Waals surface area contributed by atoms with Gasteiger partial charge in [0.2, 0.25) is 0 Å². The SMILES string of the molecule is CC1(C)O[C@@H]2O[C@H]([C@H]3COC(C)(C)O3)[C@H](OS(=O)(=O)c3ccccc3)[C@H]2O1. The van der Waals surface area contributed by atoms with Gasteiger partial charge in [0.15, 0.2) is 17.9 Å². The molecule has 9 heteroatoms. The topological polar surface area (TPSA) is 89.5 Å². The molecule has 0 radical (unpaired) electrons. The van der Waals surface area contributed by atoms with Gasteiger partial charge in [-0.1, -0.05) is 18.2 Å². The van der Waals surface area contributed by atoms with Crippen molar-refractivity contribution in [2.45, 2.75) is 74.9 Å². The first kappa shape index (κ1) is 19.3. The molecule has 0 saturated carbocycles. The summed E-state index contributed by atoms with van der Waals surface area (Å²) in [5.41, 5.74) is 0. The van der Waals surface area contributed by atoms with Gasteiger partial charge in [-0.3, -0.25) is 4.18 Å². The van der Waals surface area contributed by atoms with E-state index in [4.69, 9.17) is 27.9 Å².